The Hall–Kier alpha value is -2.56. The summed E-state index contributed by atoms with van der Waals surface area (Å²) < 4.78 is 5.18. The van der Waals surface area contributed by atoms with Gasteiger partial charge in [0.05, 0.1) is 6.26 Å². The first-order valence-corrected chi connectivity index (χ1v) is 6.83. The van der Waals surface area contributed by atoms with E-state index in [0.717, 1.165) is 11.1 Å². The van der Waals surface area contributed by atoms with E-state index in [4.69, 9.17) is 4.42 Å². The van der Waals surface area contributed by atoms with E-state index in [0.29, 0.717) is 13.0 Å². The molecule has 2 aromatic rings. The number of nitrogens with zero attached hydrogens (tertiary/aromatic N) is 1. The van der Waals surface area contributed by atoms with Crippen LogP contribution in [0.1, 0.15) is 21.7 Å². The van der Waals surface area contributed by atoms with Crippen LogP contribution in [0.25, 0.3) is 0 Å². The molecule has 3 rings (SSSR count). The Labute approximate surface area is 122 Å². The number of hydrogen-bond donors (Lipinski definition) is 1. The number of amides is 2. The lowest BCUT2D eigenvalue weighted by molar-refractivity contribution is -0.125. The zero-order valence-electron chi connectivity index (χ0n) is 11.7. The molecule has 1 unspecified atom stereocenters. The van der Waals surface area contributed by atoms with Gasteiger partial charge in [0, 0.05) is 20.0 Å². The number of carbonyl (C=O) groups is 2. The Bertz CT molecular complexity index is 664. The molecule has 5 heteroatoms. The third kappa shape index (κ3) is 2.42. The molecule has 0 fully saturated rings. The Morgan fingerprint density at radius 3 is 2.62 bits per heavy atom. The fourth-order valence-corrected chi connectivity index (χ4v) is 2.68. The second kappa shape index (κ2) is 5.44. The molecule has 1 N–H and O–H groups in total. The van der Waals surface area contributed by atoms with Crippen molar-refractivity contribution < 1.29 is 14.0 Å². The number of benzene rings is 1. The predicted molar refractivity (Wildman–Crippen MR) is 76.6 cm³/mol. The molecule has 21 heavy (non-hydrogen) atoms. The maximum atomic E-state index is 12.6. The summed E-state index contributed by atoms with van der Waals surface area (Å²) in [6.45, 7) is 0.411. The molecule has 0 saturated heterocycles. The van der Waals surface area contributed by atoms with Gasteiger partial charge in [-0.05, 0) is 23.3 Å². The highest BCUT2D eigenvalue weighted by Crippen LogP contribution is 2.25. The quantitative estimate of drug-likeness (QED) is 0.911. The van der Waals surface area contributed by atoms with Crippen molar-refractivity contribution in [1.82, 2.24) is 10.2 Å². The summed E-state index contributed by atoms with van der Waals surface area (Å²) in [6, 6.07) is 10.6. The van der Waals surface area contributed by atoms with E-state index >= 15 is 0 Å². The highest BCUT2D eigenvalue weighted by Gasteiger charge is 2.35. The number of carbonyl (C=O) groups excluding carboxylic acids is 2. The topological polar surface area (TPSA) is 62.6 Å². The van der Waals surface area contributed by atoms with E-state index in [1.165, 1.54) is 6.26 Å². The van der Waals surface area contributed by atoms with Crippen LogP contribution in [-0.2, 0) is 17.8 Å². The van der Waals surface area contributed by atoms with Crippen LogP contribution in [0.5, 0.6) is 0 Å². The van der Waals surface area contributed by atoms with Gasteiger partial charge in [-0.15, -0.1) is 0 Å². The van der Waals surface area contributed by atoms with Gasteiger partial charge in [0.2, 0.25) is 5.91 Å². The van der Waals surface area contributed by atoms with E-state index < -0.39 is 6.04 Å². The molecule has 0 spiro atoms. The third-order valence-corrected chi connectivity index (χ3v) is 3.79. The van der Waals surface area contributed by atoms with Crippen LogP contribution < -0.4 is 5.32 Å². The summed E-state index contributed by atoms with van der Waals surface area (Å²) in [6.07, 6.45) is 1.97. The highest BCUT2D eigenvalue weighted by molar-refractivity contribution is 5.96. The van der Waals surface area contributed by atoms with Crippen LogP contribution in [0.15, 0.2) is 47.1 Å². The van der Waals surface area contributed by atoms with Crippen LogP contribution in [0.4, 0.5) is 0 Å². The molecule has 1 aliphatic heterocycles. The fourth-order valence-electron chi connectivity index (χ4n) is 2.68. The molecule has 2 heterocycles. The molecule has 0 bridgehead atoms. The molecule has 0 aliphatic carbocycles. The van der Waals surface area contributed by atoms with Crippen LogP contribution in [0.2, 0.25) is 0 Å². The average Bonchev–Trinajstić information content (AvgIpc) is 3.06. The smallest absolute Gasteiger partial charge is 0.290 e. The van der Waals surface area contributed by atoms with Gasteiger partial charge in [0.15, 0.2) is 5.76 Å². The third-order valence-electron chi connectivity index (χ3n) is 3.79. The molecule has 0 radical (unpaired) electrons. The van der Waals surface area contributed by atoms with Gasteiger partial charge in [-0.25, -0.2) is 0 Å². The molecular weight excluding hydrogens is 268 g/mol. The molecule has 2 amide bonds. The first-order chi connectivity index (χ1) is 10.2. The Balaban J connectivity index is 1.96. The largest absolute Gasteiger partial charge is 0.459 e. The van der Waals surface area contributed by atoms with Gasteiger partial charge >= 0.3 is 0 Å². The number of hydrogen-bond acceptors (Lipinski definition) is 3. The van der Waals surface area contributed by atoms with Crippen LogP contribution in [0, 0.1) is 0 Å². The summed E-state index contributed by atoms with van der Waals surface area (Å²) in [5, 5.41) is 2.63. The second-order valence-electron chi connectivity index (χ2n) is 5.01. The van der Waals surface area contributed by atoms with Crippen molar-refractivity contribution >= 4 is 11.8 Å². The first-order valence-electron chi connectivity index (χ1n) is 6.83. The van der Waals surface area contributed by atoms with Gasteiger partial charge in [-0.3, -0.25) is 9.59 Å². The van der Waals surface area contributed by atoms with Crippen molar-refractivity contribution in [2.75, 3.05) is 7.05 Å². The van der Waals surface area contributed by atoms with Crippen LogP contribution >= 0.6 is 0 Å². The van der Waals surface area contributed by atoms with E-state index in [2.05, 4.69) is 5.32 Å². The molecule has 108 valence electrons. The van der Waals surface area contributed by atoms with Crippen molar-refractivity contribution in [2.24, 2.45) is 0 Å². The van der Waals surface area contributed by atoms with Gasteiger partial charge in [-0.1, -0.05) is 24.3 Å². The average molecular weight is 284 g/mol. The number of fused-ring (bicyclic) bond motifs is 1. The molecule has 5 nitrogen and oxygen atoms in total. The Morgan fingerprint density at radius 1 is 1.19 bits per heavy atom. The van der Waals surface area contributed by atoms with E-state index in [1.807, 2.05) is 24.3 Å². The lowest BCUT2D eigenvalue weighted by atomic mass is 9.93. The lowest BCUT2D eigenvalue weighted by Crippen LogP contribution is -2.51. The van der Waals surface area contributed by atoms with E-state index in [-0.39, 0.29) is 17.6 Å². The van der Waals surface area contributed by atoms with Crippen LogP contribution in [-0.4, -0.2) is 29.8 Å². The number of rotatable bonds is 2. The van der Waals surface area contributed by atoms with E-state index in [9.17, 15) is 9.59 Å². The molecule has 1 aliphatic rings. The van der Waals surface area contributed by atoms with Gasteiger partial charge in [0.1, 0.15) is 6.04 Å². The van der Waals surface area contributed by atoms with Crippen LogP contribution in [0.3, 0.4) is 0 Å². The van der Waals surface area contributed by atoms with Crippen molar-refractivity contribution in [3.05, 3.63) is 59.5 Å². The van der Waals surface area contributed by atoms with Crippen molar-refractivity contribution in [2.45, 2.75) is 19.0 Å². The summed E-state index contributed by atoms with van der Waals surface area (Å²) in [7, 11) is 1.58. The normalized spacial score (nSPS) is 17.2. The van der Waals surface area contributed by atoms with Gasteiger partial charge in [0.25, 0.3) is 5.91 Å². The van der Waals surface area contributed by atoms with Crippen molar-refractivity contribution in [1.29, 1.82) is 0 Å². The monoisotopic (exact) mass is 284 g/mol. The second-order valence-corrected chi connectivity index (χ2v) is 5.01. The van der Waals surface area contributed by atoms with Gasteiger partial charge < -0.3 is 14.6 Å². The maximum Gasteiger partial charge on any atom is 0.290 e. The summed E-state index contributed by atoms with van der Waals surface area (Å²) in [5.74, 6) is -0.171. The SMILES string of the molecule is CNC(=O)C1Cc2ccccc2CN1C(=O)c1ccco1. The minimum absolute atomic E-state index is 0.163. The molecule has 1 atom stereocenters. The number of nitrogens with one attached hydrogen (secondary N) is 1. The molecule has 0 saturated carbocycles. The Kier molecular flexibility index (Phi) is 3.48. The zero-order valence-corrected chi connectivity index (χ0v) is 11.7. The van der Waals surface area contributed by atoms with Crippen molar-refractivity contribution in [3.8, 4) is 0 Å². The first kappa shape index (κ1) is 13.4. The fraction of sp³-hybridized carbons (Fsp3) is 0.250. The molecule has 1 aromatic heterocycles. The van der Waals surface area contributed by atoms with Crippen molar-refractivity contribution in [3.63, 3.8) is 0 Å². The molecule has 1 aromatic carbocycles. The summed E-state index contributed by atoms with van der Waals surface area (Å²) >= 11 is 0. The minimum Gasteiger partial charge on any atom is -0.459 e. The Morgan fingerprint density at radius 2 is 1.95 bits per heavy atom. The van der Waals surface area contributed by atoms with Gasteiger partial charge in [-0.2, -0.15) is 0 Å². The molecular formula is C16H16N2O3. The standard InChI is InChI=1S/C16H16N2O3/c1-17-15(19)13-9-11-5-2-3-6-12(11)10-18(13)16(20)14-7-4-8-21-14/h2-8,13H,9-10H2,1H3,(H,17,19). The maximum absolute atomic E-state index is 12.6. The van der Waals surface area contributed by atoms with E-state index in [1.54, 1.807) is 24.1 Å². The highest BCUT2D eigenvalue weighted by atomic mass is 16.3. The number of furan rings is 1. The summed E-state index contributed by atoms with van der Waals surface area (Å²) in [4.78, 5) is 26.2. The lowest BCUT2D eigenvalue weighted by Gasteiger charge is -2.35. The minimum atomic E-state index is -0.512. The predicted octanol–water partition coefficient (Wildman–Crippen LogP) is 1.59. The summed E-state index contributed by atoms with van der Waals surface area (Å²) in [5.41, 5.74) is 2.17. The number of likely N-dealkylation sites (N-methyl/N-ethyl adjacent to an activating group) is 1. The zero-order chi connectivity index (χ0) is 14.8.